The molecule has 0 saturated heterocycles. The summed E-state index contributed by atoms with van der Waals surface area (Å²) >= 11 is 3.90. The lowest BCUT2D eigenvalue weighted by atomic mass is 9.88. The molecule has 0 atom stereocenters. The Bertz CT molecular complexity index is 695. The largest absolute Gasteiger partial charge is 0.374 e. The highest BCUT2D eigenvalue weighted by molar-refractivity contribution is 9.12. The lowest BCUT2D eigenvalue weighted by Gasteiger charge is -2.30. The average molecular weight is 385 g/mol. The van der Waals surface area contributed by atoms with Crippen LogP contribution < -0.4 is 0 Å². The zero-order valence-corrected chi connectivity index (χ0v) is 16.6. The summed E-state index contributed by atoms with van der Waals surface area (Å²) in [4.78, 5) is 0. The lowest BCUT2D eigenvalue weighted by Crippen LogP contribution is -2.27. The second kappa shape index (κ2) is 7.96. The summed E-state index contributed by atoms with van der Waals surface area (Å²) in [6.45, 7) is 8.46. The van der Waals surface area contributed by atoms with Gasteiger partial charge in [-0.1, -0.05) is 66.2 Å². The highest BCUT2D eigenvalue weighted by Gasteiger charge is 2.28. The molecule has 0 amide bonds. The number of rotatable bonds is 5. The van der Waals surface area contributed by atoms with Gasteiger partial charge in [-0.25, -0.2) is 0 Å². The van der Waals surface area contributed by atoms with Crippen molar-refractivity contribution in [3.8, 4) is 0 Å². The van der Waals surface area contributed by atoms with Crippen molar-refractivity contribution in [3.05, 3.63) is 87.4 Å². The molecule has 1 nitrogen and oxygen atoms in total. The molecular formula is C22H25BrO. The van der Waals surface area contributed by atoms with Gasteiger partial charge in [0.1, 0.15) is 0 Å². The van der Waals surface area contributed by atoms with Gasteiger partial charge >= 0.3 is 0 Å². The van der Waals surface area contributed by atoms with Gasteiger partial charge in [0.15, 0.2) is 0 Å². The van der Waals surface area contributed by atoms with E-state index in [0.29, 0.717) is 0 Å². The van der Waals surface area contributed by atoms with E-state index in [1.165, 1.54) is 27.8 Å². The highest BCUT2D eigenvalue weighted by atomic mass is 79.9. The van der Waals surface area contributed by atoms with Gasteiger partial charge in [0.05, 0.1) is 5.60 Å². The number of hydrogen-bond acceptors (Lipinski definition) is 1. The maximum Gasteiger partial charge on any atom is 0.0881 e. The highest BCUT2D eigenvalue weighted by Crippen LogP contribution is 2.40. The van der Waals surface area contributed by atoms with Crippen molar-refractivity contribution in [1.82, 2.24) is 0 Å². The first-order valence-corrected chi connectivity index (χ1v) is 8.92. The smallest absolute Gasteiger partial charge is 0.0881 e. The molecule has 0 N–H and O–H groups in total. The number of allylic oxidation sites excluding steroid dienone is 1. The van der Waals surface area contributed by atoms with E-state index >= 15 is 0 Å². The van der Waals surface area contributed by atoms with E-state index in [9.17, 15) is 0 Å². The Labute approximate surface area is 154 Å². The summed E-state index contributed by atoms with van der Waals surface area (Å²) < 4.78 is 6.86. The molecule has 2 aromatic carbocycles. The average Bonchev–Trinajstić information content (AvgIpc) is 2.56. The summed E-state index contributed by atoms with van der Waals surface area (Å²) in [5, 5.41) is 0. The second-order valence-electron chi connectivity index (χ2n) is 6.51. The van der Waals surface area contributed by atoms with E-state index in [2.05, 4.69) is 92.2 Å². The van der Waals surface area contributed by atoms with Gasteiger partial charge in [0, 0.05) is 17.2 Å². The van der Waals surface area contributed by atoms with Crippen molar-refractivity contribution in [2.75, 3.05) is 7.11 Å². The van der Waals surface area contributed by atoms with Crippen LogP contribution in [0.15, 0.2) is 76.3 Å². The molecule has 0 aliphatic heterocycles. The molecule has 0 heterocycles. The van der Waals surface area contributed by atoms with Crippen molar-refractivity contribution in [2.24, 2.45) is 0 Å². The lowest BCUT2D eigenvalue weighted by molar-refractivity contribution is 0.0570. The summed E-state index contributed by atoms with van der Waals surface area (Å²) in [7, 11) is 1.76. The van der Waals surface area contributed by atoms with Crippen LogP contribution in [-0.2, 0) is 4.74 Å². The van der Waals surface area contributed by atoms with Crippen LogP contribution in [-0.4, -0.2) is 12.7 Å². The summed E-state index contributed by atoms with van der Waals surface area (Å²) in [6.07, 6.45) is 0. The Kier molecular flexibility index (Phi) is 6.20. The monoisotopic (exact) mass is 384 g/mol. The number of hydrogen-bond donors (Lipinski definition) is 0. The maximum absolute atomic E-state index is 5.78. The van der Waals surface area contributed by atoms with Crippen LogP contribution in [0.5, 0.6) is 0 Å². The first kappa shape index (κ1) is 18.7. The standard InChI is InChI=1S/C22H25BrO/c1-16(2)20(22(3,4)24-5)21(23)19(17-12-8-6-9-13-17)18-14-10-7-11-15-18/h6-15H,1-5H3. The molecule has 24 heavy (non-hydrogen) atoms. The number of benzene rings is 2. The quantitative estimate of drug-likeness (QED) is 0.527. The van der Waals surface area contributed by atoms with E-state index in [0.717, 1.165) is 4.48 Å². The van der Waals surface area contributed by atoms with Crippen LogP contribution in [0.1, 0.15) is 38.8 Å². The number of methoxy groups -OCH3 is 1. The molecule has 2 rings (SSSR count). The van der Waals surface area contributed by atoms with E-state index in [1.807, 2.05) is 12.1 Å². The van der Waals surface area contributed by atoms with Crippen LogP contribution in [0.4, 0.5) is 0 Å². The third-order valence-electron chi connectivity index (χ3n) is 4.18. The molecule has 2 aromatic rings. The zero-order chi connectivity index (χ0) is 17.7. The Morgan fingerprint density at radius 3 is 1.58 bits per heavy atom. The van der Waals surface area contributed by atoms with Gasteiger partial charge < -0.3 is 4.74 Å². The van der Waals surface area contributed by atoms with Crippen LogP contribution in [0.25, 0.3) is 5.57 Å². The number of ether oxygens (including phenoxy) is 1. The normalized spacial score (nSPS) is 11.1. The summed E-state index contributed by atoms with van der Waals surface area (Å²) in [5.74, 6) is 0. The van der Waals surface area contributed by atoms with Crippen molar-refractivity contribution >= 4 is 21.5 Å². The van der Waals surface area contributed by atoms with Crippen LogP contribution in [0.3, 0.4) is 0 Å². The van der Waals surface area contributed by atoms with E-state index in [1.54, 1.807) is 7.11 Å². The second-order valence-corrected chi connectivity index (χ2v) is 7.30. The molecule has 2 heteroatoms. The van der Waals surface area contributed by atoms with Crippen LogP contribution >= 0.6 is 15.9 Å². The third-order valence-corrected chi connectivity index (χ3v) is 4.97. The molecule has 0 saturated carbocycles. The third kappa shape index (κ3) is 4.06. The Balaban J connectivity index is 2.78. The van der Waals surface area contributed by atoms with E-state index in [4.69, 9.17) is 4.74 Å². The van der Waals surface area contributed by atoms with Gasteiger partial charge in [-0.15, -0.1) is 0 Å². The molecular weight excluding hydrogens is 360 g/mol. The van der Waals surface area contributed by atoms with Crippen molar-refractivity contribution in [2.45, 2.75) is 33.3 Å². The zero-order valence-electron chi connectivity index (χ0n) is 15.1. The van der Waals surface area contributed by atoms with Gasteiger partial charge in [-0.3, -0.25) is 0 Å². The molecule has 0 aliphatic rings. The van der Waals surface area contributed by atoms with Crippen LogP contribution in [0.2, 0.25) is 0 Å². The predicted octanol–water partition coefficient (Wildman–Crippen LogP) is 6.60. The molecule has 0 spiro atoms. The SMILES string of the molecule is COC(C)(C)C(=C(C)C)C(Br)=C(c1ccccc1)c1ccccc1. The van der Waals surface area contributed by atoms with Gasteiger partial charge in [-0.2, -0.15) is 0 Å². The van der Waals surface area contributed by atoms with Crippen LogP contribution in [0, 0.1) is 0 Å². The minimum Gasteiger partial charge on any atom is -0.374 e. The fraction of sp³-hybridized carbons (Fsp3) is 0.273. The summed E-state index contributed by atoms with van der Waals surface area (Å²) in [5.41, 5.74) is 5.57. The van der Waals surface area contributed by atoms with Gasteiger partial charge in [-0.05, 0) is 60.3 Å². The first-order chi connectivity index (χ1) is 11.4. The molecule has 0 unspecified atom stereocenters. The predicted molar refractivity (Wildman–Crippen MR) is 107 cm³/mol. The van der Waals surface area contributed by atoms with Gasteiger partial charge in [0.2, 0.25) is 0 Å². The minimum absolute atomic E-state index is 0.382. The minimum atomic E-state index is -0.382. The Hall–Kier alpha value is -1.64. The van der Waals surface area contributed by atoms with Crippen molar-refractivity contribution < 1.29 is 4.74 Å². The summed E-state index contributed by atoms with van der Waals surface area (Å²) in [6, 6.07) is 21.0. The Morgan fingerprint density at radius 2 is 1.25 bits per heavy atom. The van der Waals surface area contributed by atoms with Crippen molar-refractivity contribution in [1.29, 1.82) is 0 Å². The topological polar surface area (TPSA) is 9.23 Å². The first-order valence-electron chi connectivity index (χ1n) is 8.12. The molecule has 126 valence electrons. The fourth-order valence-electron chi connectivity index (χ4n) is 2.94. The van der Waals surface area contributed by atoms with Gasteiger partial charge in [0.25, 0.3) is 0 Å². The maximum atomic E-state index is 5.78. The fourth-order valence-corrected chi connectivity index (χ4v) is 4.27. The molecule has 0 aromatic heterocycles. The van der Waals surface area contributed by atoms with E-state index < -0.39 is 0 Å². The molecule has 0 aliphatic carbocycles. The van der Waals surface area contributed by atoms with Crippen molar-refractivity contribution in [3.63, 3.8) is 0 Å². The molecule has 0 fully saturated rings. The number of halogens is 1. The van der Waals surface area contributed by atoms with E-state index in [-0.39, 0.29) is 5.60 Å². The molecule has 0 radical (unpaired) electrons. The Morgan fingerprint density at radius 1 is 0.833 bits per heavy atom. The molecule has 0 bridgehead atoms.